The molecule has 0 saturated heterocycles. The number of nitrogens with zero attached hydrogens (tertiary/aromatic N) is 1. The fraction of sp³-hybridized carbons (Fsp3) is 0.294. The van der Waals surface area contributed by atoms with Crippen molar-refractivity contribution in [3.8, 4) is 18.2 Å². The Morgan fingerprint density at radius 1 is 1.58 bits per heavy atom. The summed E-state index contributed by atoms with van der Waals surface area (Å²) in [5, 5.41) is 4.25. The molecule has 0 saturated carbocycles. The van der Waals surface area contributed by atoms with Gasteiger partial charge >= 0.3 is 0 Å². The third kappa shape index (κ3) is 4.08. The summed E-state index contributed by atoms with van der Waals surface area (Å²) in [5.41, 5.74) is -0.811. The highest BCUT2D eigenvalue weighted by atomic mass is 127. The number of ether oxygens (including phenoxy) is 1. The second-order valence-corrected chi connectivity index (χ2v) is 7.77. The lowest BCUT2D eigenvalue weighted by Gasteiger charge is -2.32. The number of carbonyl (C=O) groups is 1. The minimum atomic E-state index is -0.967. The summed E-state index contributed by atoms with van der Waals surface area (Å²) in [6.07, 6.45) is 7.50. The fourth-order valence-electron chi connectivity index (χ4n) is 2.23. The molecule has 2 rings (SSSR count). The van der Waals surface area contributed by atoms with Crippen molar-refractivity contribution in [3.63, 3.8) is 0 Å². The van der Waals surface area contributed by atoms with Crippen LogP contribution in [0.25, 0.3) is 10.9 Å². The summed E-state index contributed by atoms with van der Waals surface area (Å²) in [6, 6.07) is 7.55. The lowest BCUT2D eigenvalue weighted by molar-refractivity contribution is -0.120. The van der Waals surface area contributed by atoms with Crippen LogP contribution in [-0.2, 0) is 4.79 Å². The molecule has 0 fully saturated rings. The first-order valence-corrected chi connectivity index (χ1v) is 9.76. The van der Waals surface area contributed by atoms with Gasteiger partial charge < -0.3 is 10.1 Å². The van der Waals surface area contributed by atoms with Crippen molar-refractivity contribution in [3.05, 3.63) is 32.9 Å². The number of amides is 1. The van der Waals surface area contributed by atoms with E-state index in [1.54, 1.807) is 13.0 Å². The van der Waals surface area contributed by atoms with Crippen molar-refractivity contribution in [1.29, 1.82) is 0 Å². The molecule has 24 heavy (non-hydrogen) atoms. The van der Waals surface area contributed by atoms with E-state index in [1.165, 1.54) is 18.7 Å². The topological polar surface area (TPSA) is 51.2 Å². The molecule has 1 amide bonds. The molecule has 0 aliphatic rings. The Balaban J connectivity index is 2.42. The van der Waals surface area contributed by atoms with E-state index < -0.39 is 11.0 Å². The largest absolute Gasteiger partial charge is 0.459 e. The number of rotatable bonds is 5. The predicted octanol–water partition coefficient (Wildman–Crippen LogP) is 4.09. The Morgan fingerprint density at radius 2 is 2.29 bits per heavy atom. The van der Waals surface area contributed by atoms with E-state index in [2.05, 4.69) is 38.8 Å². The van der Waals surface area contributed by atoms with Gasteiger partial charge in [0.2, 0.25) is 11.8 Å². The van der Waals surface area contributed by atoms with E-state index in [4.69, 9.17) is 22.8 Å². The Bertz CT molecular complexity index is 824. The molecule has 0 aliphatic carbocycles. The predicted molar refractivity (Wildman–Crippen MR) is 108 cm³/mol. The SMILES string of the molecule is C#CC(C)(NC(C)=O)C(Oc1nc2c(Cl)cccc2cc1I)SC. The Kier molecular flexibility index (Phi) is 6.23. The molecule has 4 nitrogen and oxygen atoms in total. The molecule has 1 N–H and O–H groups in total. The number of nitrogens with one attached hydrogen (secondary N) is 1. The highest BCUT2D eigenvalue weighted by Crippen LogP contribution is 2.31. The van der Waals surface area contributed by atoms with E-state index in [9.17, 15) is 4.79 Å². The molecule has 0 bridgehead atoms. The van der Waals surface area contributed by atoms with Crippen LogP contribution in [-0.4, -0.2) is 28.1 Å². The van der Waals surface area contributed by atoms with Crippen LogP contribution in [0.3, 0.4) is 0 Å². The molecule has 1 aromatic carbocycles. The van der Waals surface area contributed by atoms with E-state index in [0.29, 0.717) is 16.4 Å². The zero-order valence-electron chi connectivity index (χ0n) is 13.4. The van der Waals surface area contributed by atoms with Crippen LogP contribution in [0.5, 0.6) is 5.88 Å². The van der Waals surface area contributed by atoms with Crippen LogP contribution in [0.2, 0.25) is 5.02 Å². The lowest BCUT2D eigenvalue weighted by atomic mass is 10.1. The third-order valence-corrected chi connectivity index (χ3v) is 5.43. The second kappa shape index (κ2) is 7.81. The number of pyridine rings is 1. The number of aromatic nitrogens is 1. The maximum Gasteiger partial charge on any atom is 0.228 e. The summed E-state index contributed by atoms with van der Waals surface area (Å²) in [7, 11) is 0. The Morgan fingerprint density at radius 3 is 2.88 bits per heavy atom. The maximum absolute atomic E-state index is 11.5. The van der Waals surface area contributed by atoms with Gasteiger partial charge in [-0.1, -0.05) is 29.7 Å². The van der Waals surface area contributed by atoms with Crippen LogP contribution in [0.15, 0.2) is 24.3 Å². The van der Waals surface area contributed by atoms with Gasteiger partial charge in [0.15, 0.2) is 5.44 Å². The van der Waals surface area contributed by atoms with Gasteiger partial charge in [-0.05, 0) is 47.9 Å². The molecular formula is C17H16ClIN2O2S. The fourth-order valence-corrected chi connectivity index (χ4v) is 3.83. The van der Waals surface area contributed by atoms with E-state index in [-0.39, 0.29) is 5.91 Å². The number of carbonyl (C=O) groups excluding carboxylic acids is 1. The summed E-state index contributed by atoms with van der Waals surface area (Å²) in [5.74, 6) is 2.83. The first-order valence-electron chi connectivity index (χ1n) is 7.01. The van der Waals surface area contributed by atoms with Crippen LogP contribution in [0.1, 0.15) is 13.8 Å². The average molecular weight is 475 g/mol. The Hall–Kier alpha value is -1.17. The first kappa shape index (κ1) is 19.2. The molecular weight excluding hydrogens is 459 g/mol. The van der Waals surface area contributed by atoms with Crippen molar-refractivity contribution in [2.24, 2.45) is 0 Å². The molecule has 1 aromatic heterocycles. The molecule has 0 aliphatic heterocycles. The zero-order chi connectivity index (χ0) is 17.9. The van der Waals surface area contributed by atoms with Crippen LogP contribution >= 0.6 is 46.0 Å². The number of thioether (sulfide) groups is 1. The molecule has 0 spiro atoms. The van der Waals surface area contributed by atoms with Gasteiger partial charge in [-0.15, -0.1) is 18.2 Å². The quantitative estimate of drug-likeness (QED) is 0.403. The molecule has 7 heteroatoms. The molecule has 1 heterocycles. The van der Waals surface area contributed by atoms with Crippen molar-refractivity contribution in [1.82, 2.24) is 10.3 Å². The number of para-hydroxylation sites is 1. The van der Waals surface area contributed by atoms with Gasteiger partial charge in [-0.25, -0.2) is 4.98 Å². The molecule has 2 unspecified atom stereocenters. The highest BCUT2D eigenvalue weighted by Gasteiger charge is 2.35. The number of benzene rings is 1. The van der Waals surface area contributed by atoms with E-state index >= 15 is 0 Å². The minimum absolute atomic E-state index is 0.220. The van der Waals surface area contributed by atoms with Crippen molar-refractivity contribution in [2.75, 3.05) is 6.26 Å². The van der Waals surface area contributed by atoms with Crippen LogP contribution in [0, 0.1) is 15.9 Å². The molecule has 2 aromatic rings. The number of halogens is 2. The maximum atomic E-state index is 11.5. The van der Waals surface area contributed by atoms with Crippen molar-refractivity contribution >= 4 is 62.8 Å². The van der Waals surface area contributed by atoms with Gasteiger partial charge in [-0.3, -0.25) is 4.79 Å². The normalized spacial score (nSPS) is 14.5. The first-order chi connectivity index (χ1) is 11.3. The molecule has 2 atom stereocenters. The van der Waals surface area contributed by atoms with Crippen molar-refractivity contribution < 1.29 is 9.53 Å². The standard InChI is InChI=1S/C17H16ClIN2O2S/c1-5-17(3,21-10(2)22)16(24-4)23-15-13(19)9-11-7-6-8-12(18)14(11)20-15/h1,6-9,16H,2-4H3,(H,21,22). The summed E-state index contributed by atoms with van der Waals surface area (Å²) >= 11 is 9.78. The van der Waals surface area contributed by atoms with Gasteiger partial charge in [0.25, 0.3) is 0 Å². The summed E-state index contributed by atoms with van der Waals surface area (Å²) in [6.45, 7) is 3.17. The third-order valence-electron chi connectivity index (χ3n) is 3.36. The Labute approximate surface area is 164 Å². The van der Waals surface area contributed by atoms with Crippen LogP contribution < -0.4 is 10.1 Å². The second-order valence-electron chi connectivity index (χ2n) is 5.30. The number of hydrogen-bond donors (Lipinski definition) is 1. The molecule has 126 valence electrons. The van der Waals surface area contributed by atoms with Gasteiger partial charge in [0.1, 0.15) is 5.54 Å². The summed E-state index contributed by atoms with van der Waals surface area (Å²) < 4.78 is 6.88. The van der Waals surface area contributed by atoms with Gasteiger partial charge in [0, 0.05) is 12.3 Å². The highest BCUT2D eigenvalue weighted by molar-refractivity contribution is 14.1. The van der Waals surface area contributed by atoms with Gasteiger partial charge in [0.05, 0.1) is 14.1 Å². The molecule has 0 radical (unpaired) electrons. The smallest absolute Gasteiger partial charge is 0.228 e. The number of hydrogen-bond acceptors (Lipinski definition) is 4. The van der Waals surface area contributed by atoms with E-state index in [0.717, 1.165) is 8.96 Å². The zero-order valence-corrected chi connectivity index (χ0v) is 17.1. The summed E-state index contributed by atoms with van der Waals surface area (Å²) in [4.78, 5) is 16.0. The van der Waals surface area contributed by atoms with Crippen molar-refractivity contribution in [2.45, 2.75) is 24.8 Å². The van der Waals surface area contributed by atoms with Gasteiger partial charge in [-0.2, -0.15) is 0 Å². The number of fused-ring (bicyclic) bond motifs is 1. The minimum Gasteiger partial charge on any atom is -0.459 e. The lowest BCUT2D eigenvalue weighted by Crippen LogP contribution is -2.53. The average Bonchev–Trinajstić information content (AvgIpc) is 2.52. The van der Waals surface area contributed by atoms with E-state index in [1.807, 2.05) is 24.5 Å². The monoisotopic (exact) mass is 474 g/mol. The van der Waals surface area contributed by atoms with Crippen LogP contribution in [0.4, 0.5) is 0 Å². The number of terminal acetylenes is 1.